The monoisotopic (exact) mass is 276 g/mol. The summed E-state index contributed by atoms with van der Waals surface area (Å²) in [4.78, 5) is 11.8. The number of aliphatic hydroxyl groups is 1. The molecule has 1 heterocycles. The molecule has 2 aliphatic rings. The van der Waals surface area contributed by atoms with E-state index < -0.39 is 0 Å². The van der Waals surface area contributed by atoms with E-state index in [1.165, 1.54) is 25.7 Å². The molecule has 4 nitrogen and oxygen atoms in total. The highest BCUT2D eigenvalue weighted by Crippen LogP contribution is 2.27. The van der Waals surface area contributed by atoms with Crippen LogP contribution < -0.4 is 10.6 Å². The molecule has 1 aliphatic carbocycles. The maximum absolute atomic E-state index is 11.8. The molecule has 4 atom stereocenters. The van der Waals surface area contributed by atoms with Crippen LogP contribution in [-0.2, 0) is 4.79 Å². The van der Waals surface area contributed by atoms with Crippen molar-refractivity contribution in [3.05, 3.63) is 0 Å². The molecule has 0 bridgehead atoms. The van der Waals surface area contributed by atoms with Gasteiger partial charge in [-0.3, -0.25) is 4.79 Å². The zero-order chi connectivity index (χ0) is 12.3. The molecule has 1 amide bonds. The summed E-state index contributed by atoms with van der Waals surface area (Å²) in [6.45, 7) is 3.64. The molecule has 1 saturated heterocycles. The minimum absolute atomic E-state index is 0. The zero-order valence-electron chi connectivity index (χ0n) is 11.0. The summed E-state index contributed by atoms with van der Waals surface area (Å²) in [5, 5.41) is 15.4. The van der Waals surface area contributed by atoms with E-state index in [1.807, 2.05) is 0 Å². The molecule has 4 unspecified atom stereocenters. The number of carbonyl (C=O) groups excluding carboxylic acids is 1. The van der Waals surface area contributed by atoms with Crippen molar-refractivity contribution in [3.8, 4) is 0 Å². The number of nitrogens with one attached hydrogen (secondary N) is 2. The van der Waals surface area contributed by atoms with Crippen molar-refractivity contribution in [2.45, 2.75) is 51.2 Å². The molecule has 0 aromatic rings. The molecule has 2 rings (SSSR count). The lowest BCUT2D eigenvalue weighted by molar-refractivity contribution is -0.123. The van der Waals surface area contributed by atoms with E-state index in [4.69, 9.17) is 0 Å². The Bertz CT molecular complexity index is 276. The lowest BCUT2D eigenvalue weighted by Crippen LogP contribution is -2.42. The third-order valence-electron chi connectivity index (χ3n) is 4.03. The summed E-state index contributed by atoms with van der Waals surface area (Å²) in [5.41, 5.74) is 0. The largest absolute Gasteiger partial charge is 0.392 e. The van der Waals surface area contributed by atoms with Gasteiger partial charge in [0.05, 0.1) is 12.1 Å². The maximum Gasteiger partial charge on any atom is 0.237 e. The van der Waals surface area contributed by atoms with E-state index in [0.29, 0.717) is 18.9 Å². The van der Waals surface area contributed by atoms with Crippen LogP contribution in [-0.4, -0.2) is 36.2 Å². The number of hydrogen-bond donors (Lipinski definition) is 3. The molecule has 0 radical (unpaired) electrons. The Morgan fingerprint density at radius 1 is 1.39 bits per heavy atom. The van der Waals surface area contributed by atoms with Gasteiger partial charge in [-0.2, -0.15) is 0 Å². The van der Waals surface area contributed by atoms with Gasteiger partial charge in [-0.1, -0.05) is 19.8 Å². The molecular weight excluding hydrogens is 252 g/mol. The topological polar surface area (TPSA) is 61.4 Å². The van der Waals surface area contributed by atoms with Gasteiger partial charge < -0.3 is 15.7 Å². The van der Waals surface area contributed by atoms with Crippen LogP contribution in [0, 0.1) is 11.8 Å². The van der Waals surface area contributed by atoms with Crippen LogP contribution in [0.3, 0.4) is 0 Å². The van der Waals surface area contributed by atoms with E-state index in [2.05, 4.69) is 17.6 Å². The van der Waals surface area contributed by atoms with Gasteiger partial charge in [0.15, 0.2) is 0 Å². The number of hydrogen-bond acceptors (Lipinski definition) is 3. The lowest BCUT2D eigenvalue weighted by Gasteiger charge is -2.27. The first-order chi connectivity index (χ1) is 8.15. The molecule has 18 heavy (non-hydrogen) atoms. The summed E-state index contributed by atoms with van der Waals surface area (Å²) in [6, 6.07) is -0.189. The number of rotatable bonds is 3. The van der Waals surface area contributed by atoms with Crippen molar-refractivity contribution in [2.75, 3.05) is 13.1 Å². The van der Waals surface area contributed by atoms with Crippen molar-refractivity contribution < 1.29 is 9.90 Å². The maximum atomic E-state index is 11.8. The highest BCUT2D eigenvalue weighted by molar-refractivity contribution is 5.85. The average molecular weight is 277 g/mol. The number of amides is 1. The first-order valence-corrected chi connectivity index (χ1v) is 6.84. The normalized spacial score (nSPS) is 35.9. The lowest BCUT2D eigenvalue weighted by atomic mass is 9.82. The fourth-order valence-corrected chi connectivity index (χ4v) is 3.03. The fourth-order valence-electron chi connectivity index (χ4n) is 3.03. The minimum atomic E-state index is -0.361. The molecular formula is C13H25ClN2O2. The second kappa shape index (κ2) is 7.31. The Morgan fingerprint density at radius 2 is 2.17 bits per heavy atom. The number of β-amino-alcohol motifs (C(OH)–C–C–N with tert-alkyl or cyclic N) is 1. The molecule has 106 valence electrons. The summed E-state index contributed by atoms with van der Waals surface area (Å²) < 4.78 is 0. The van der Waals surface area contributed by atoms with E-state index in [9.17, 15) is 9.90 Å². The number of halogens is 1. The second-order valence-corrected chi connectivity index (χ2v) is 5.73. The molecule has 1 aliphatic heterocycles. The highest BCUT2D eigenvalue weighted by Gasteiger charge is 2.28. The Labute approximate surface area is 115 Å². The van der Waals surface area contributed by atoms with Gasteiger partial charge in [0, 0.05) is 13.1 Å². The van der Waals surface area contributed by atoms with Gasteiger partial charge >= 0.3 is 0 Å². The van der Waals surface area contributed by atoms with Crippen molar-refractivity contribution in [3.63, 3.8) is 0 Å². The first-order valence-electron chi connectivity index (χ1n) is 6.84. The van der Waals surface area contributed by atoms with Crippen LogP contribution >= 0.6 is 12.4 Å². The van der Waals surface area contributed by atoms with Crippen LogP contribution in [0.4, 0.5) is 0 Å². The Morgan fingerprint density at radius 3 is 2.78 bits per heavy atom. The Hall–Kier alpha value is -0.320. The van der Waals surface area contributed by atoms with Crippen molar-refractivity contribution >= 4 is 18.3 Å². The molecule has 0 aromatic heterocycles. The molecule has 0 spiro atoms. The molecule has 1 saturated carbocycles. The molecule has 5 heteroatoms. The summed E-state index contributed by atoms with van der Waals surface area (Å²) in [5.74, 6) is 1.51. The molecule has 3 N–H and O–H groups in total. The van der Waals surface area contributed by atoms with Crippen molar-refractivity contribution in [2.24, 2.45) is 11.8 Å². The predicted octanol–water partition coefficient (Wildman–Crippen LogP) is 1.07. The van der Waals surface area contributed by atoms with Crippen LogP contribution in [0.5, 0.6) is 0 Å². The average Bonchev–Trinajstić information content (AvgIpc) is 2.73. The second-order valence-electron chi connectivity index (χ2n) is 5.73. The first kappa shape index (κ1) is 15.7. The van der Waals surface area contributed by atoms with Crippen molar-refractivity contribution in [1.82, 2.24) is 10.6 Å². The third-order valence-corrected chi connectivity index (χ3v) is 4.03. The Balaban J connectivity index is 0.00000162. The van der Waals surface area contributed by atoms with Crippen LogP contribution in [0.25, 0.3) is 0 Å². The Kier molecular flexibility index (Phi) is 6.39. The minimum Gasteiger partial charge on any atom is -0.392 e. The zero-order valence-corrected chi connectivity index (χ0v) is 11.8. The fraction of sp³-hybridized carbons (Fsp3) is 0.923. The van der Waals surface area contributed by atoms with Crippen LogP contribution in [0.15, 0.2) is 0 Å². The van der Waals surface area contributed by atoms with Gasteiger partial charge in [-0.05, 0) is 31.1 Å². The van der Waals surface area contributed by atoms with Gasteiger partial charge in [0.25, 0.3) is 0 Å². The summed E-state index contributed by atoms with van der Waals surface area (Å²) in [7, 11) is 0. The van der Waals surface area contributed by atoms with Crippen LogP contribution in [0.2, 0.25) is 0 Å². The smallest absolute Gasteiger partial charge is 0.237 e. The third kappa shape index (κ3) is 4.41. The van der Waals surface area contributed by atoms with Gasteiger partial charge in [0.2, 0.25) is 5.91 Å². The van der Waals surface area contributed by atoms with Gasteiger partial charge in [0.1, 0.15) is 0 Å². The summed E-state index contributed by atoms with van der Waals surface area (Å²) >= 11 is 0. The summed E-state index contributed by atoms with van der Waals surface area (Å²) in [6.07, 6.45) is 5.29. The SMILES string of the molecule is CC1CCCC(CNC(=O)C2CC(O)CN2)C1.Cl. The molecule has 0 aromatic carbocycles. The van der Waals surface area contributed by atoms with E-state index >= 15 is 0 Å². The molecule has 2 fully saturated rings. The van der Waals surface area contributed by atoms with Gasteiger partial charge in [-0.25, -0.2) is 0 Å². The van der Waals surface area contributed by atoms with E-state index in [0.717, 1.165) is 12.5 Å². The predicted molar refractivity (Wildman–Crippen MR) is 73.8 cm³/mol. The standard InChI is InChI=1S/C13H24N2O2.ClH/c1-9-3-2-4-10(5-9)7-15-13(17)12-6-11(16)8-14-12;/h9-12,14,16H,2-8H2,1H3,(H,15,17);1H. The highest BCUT2D eigenvalue weighted by atomic mass is 35.5. The number of carbonyl (C=O) groups is 1. The van der Waals surface area contributed by atoms with Crippen molar-refractivity contribution in [1.29, 1.82) is 0 Å². The van der Waals surface area contributed by atoms with E-state index in [-0.39, 0.29) is 30.5 Å². The quantitative estimate of drug-likeness (QED) is 0.723. The number of aliphatic hydroxyl groups excluding tert-OH is 1. The van der Waals surface area contributed by atoms with Crippen LogP contribution in [0.1, 0.15) is 39.0 Å². The van der Waals surface area contributed by atoms with E-state index in [1.54, 1.807) is 0 Å². The van der Waals surface area contributed by atoms with Gasteiger partial charge in [-0.15, -0.1) is 12.4 Å².